The fraction of sp³-hybridized carbons (Fsp3) is 1.00. The lowest BCUT2D eigenvalue weighted by molar-refractivity contribution is -0.332. The number of halogens is 12. The lowest BCUT2D eigenvalue weighted by Gasteiger charge is -2.28. The molecule has 24 heavy (non-hydrogen) atoms. The minimum Gasteiger partial charge on any atom is -0.205 e. The first-order valence-electron chi connectivity index (χ1n) is 4.50. The molecule has 0 fully saturated rings. The molecule has 19 heteroatoms. The number of rotatable bonds is 5. The van der Waals surface area contributed by atoms with Crippen molar-refractivity contribution >= 4 is 20.0 Å². The van der Waals surface area contributed by atoms with Gasteiger partial charge in [0.1, 0.15) is 0 Å². The van der Waals surface area contributed by atoms with Crippen LogP contribution in [0.4, 0.5) is 52.7 Å². The van der Waals surface area contributed by atoms with Gasteiger partial charge in [0.05, 0.1) is 0 Å². The quantitative estimate of drug-likeness (QED) is 0.677. The van der Waals surface area contributed by atoms with Crippen molar-refractivity contribution in [2.75, 3.05) is 0 Å². The molecule has 146 valence electrons. The van der Waals surface area contributed by atoms with Crippen LogP contribution in [0.5, 0.6) is 0 Å². The molecule has 0 saturated heterocycles. The summed E-state index contributed by atoms with van der Waals surface area (Å²) >= 11 is 0. The molecule has 0 saturated carbocycles. The maximum atomic E-state index is 12.8. The first kappa shape index (κ1) is 23.0. The van der Waals surface area contributed by atoms with E-state index in [4.69, 9.17) is 0 Å². The molecule has 0 heterocycles. The summed E-state index contributed by atoms with van der Waals surface area (Å²) in [5.41, 5.74) is 0. The highest BCUT2D eigenvalue weighted by Crippen LogP contribution is 2.49. The van der Waals surface area contributed by atoms with Gasteiger partial charge in [-0.25, -0.2) is 16.8 Å². The molecule has 0 rings (SSSR count). The van der Waals surface area contributed by atoms with Gasteiger partial charge in [-0.15, -0.1) is 0 Å². The lowest BCUT2D eigenvalue weighted by Crippen LogP contribution is -2.61. The third kappa shape index (κ3) is 3.37. The molecule has 0 aliphatic heterocycles. The molecule has 1 N–H and O–H groups in total. The van der Waals surface area contributed by atoms with E-state index >= 15 is 0 Å². The maximum Gasteiger partial charge on any atom is 0.471 e. The van der Waals surface area contributed by atoms with Crippen molar-refractivity contribution in [2.45, 2.75) is 28.8 Å². The predicted octanol–water partition coefficient (Wildman–Crippen LogP) is 2.18. The predicted molar refractivity (Wildman–Crippen MR) is 47.9 cm³/mol. The highest BCUT2D eigenvalue weighted by Gasteiger charge is 2.80. The summed E-state index contributed by atoms with van der Waals surface area (Å²) in [5, 5.41) is -14.6. The van der Waals surface area contributed by atoms with E-state index in [0.29, 0.717) is 0 Å². The van der Waals surface area contributed by atoms with E-state index in [2.05, 4.69) is 0 Å². The summed E-state index contributed by atoms with van der Waals surface area (Å²) in [6.07, 6.45) is -14.4. The van der Waals surface area contributed by atoms with Gasteiger partial charge in [0, 0.05) is 0 Å². The minimum atomic E-state index is -7.92. The Morgan fingerprint density at radius 1 is 0.500 bits per heavy atom. The second kappa shape index (κ2) is 5.51. The molecule has 0 aliphatic rings. The Kier molecular flexibility index (Phi) is 5.29. The molecular weight excluding hydrogens is 430 g/mol. The standard InChI is InChI=1S/C5HF12NO4S2/c6-1(7,2(8,9)10)4(14,15)23(19,20)18-24(21,22)5(16,17)3(11,12)13/h18H. The van der Waals surface area contributed by atoms with Crippen molar-refractivity contribution in [1.29, 1.82) is 0 Å². The average Bonchev–Trinajstić information content (AvgIpc) is 2.23. The Bertz CT molecular complexity index is 686. The zero-order valence-electron chi connectivity index (χ0n) is 9.99. The van der Waals surface area contributed by atoms with Crippen LogP contribution in [0.3, 0.4) is 0 Å². The zero-order chi connectivity index (χ0) is 20.2. The molecule has 0 spiro atoms. The normalized spacial score (nSPS) is 16.3. The van der Waals surface area contributed by atoms with E-state index in [1.54, 1.807) is 0 Å². The summed E-state index contributed by atoms with van der Waals surface area (Å²) < 4.78 is 187. The first-order valence-corrected chi connectivity index (χ1v) is 7.47. The average molecular weight is 431 g/mol. The molecule has 0 aromatic carbocycles. The van der Waals surface area contributed by atoms with Gasteiger partial charge >= 0.3 is 28.8 Å². The summed E-state index contributed by atoms with van der Waals surface area (Å²) in [6, 6.07) is 0. The summed E-state index contributed by atoms with van der Waals surface area (Å²) in [5.74, 6) is -7.53. The Morgan fingerprint density at radius 3 is 1.04 bits per heavy atom. The molecule has 0 bridgehead atoms. The van der Waals surface area contributed by atoms with Crippen LogP contribution in [0.15, 0.2) is 0 Å². The van der Waals surface area contributed by atoms with Crippen LogP contribution in [0.2, 0.25) is 0 Å². The Hall–Kier alpha value is -0.980. The lowest BCUT2D eigenvalue weighted by atomic mass is 10.3. The minimum absolute atomic E-state index is 1.16. The van der Waals surface area contributed by atoms with Crippen LogP contribution < -0.4 is 4.13 Å². The number of hydrogen-bond donors (Lipinski definition) is 1. The molecule has 0 aromatic heterocycles. The third-order valence-electron chi connectivity index (χ3n) is 1.95. The van der Waals surface area contributed by atoms with Crippen LogP contribution >= 0.6 is 0 Å². The molecule has 0 unspecified atom stereocenters. The molecular formula is C5HF12NO4S2. The van der Waals surface area contributed by atoms with Crippen molar-refractivity contribution in [1.82, 2.24) is 4.13 Å². The summed E-state index contributed by atoms with van der Waals surface area (Å²) in [4.78, 5) is 0. The first-order chi connectivity index (χ1) is 9.96. The number of sulfonamides is 2. The Balaban J connectivity index is 6.17. The molecule has 0 atom stereocenters. The van der Waals surface area contributed by atoms with Gasteiger partial charge in [0.15, 0.2) is 0 Å². The SMILES string of the molecule is O=S(=O)(NS(=O)(=O)C(F)(F)C(F)(F)C(F)(F)F)C(F)(F)C(F)(F)F. The van der Waals surface area contributed by atoms with Gasteiger partial charge in [-0.3, -0.25) is 0 Å². The molecule has 0 amide bonds. The second-order valence-electron chi connectivity index (χ2n) is 3.69. The highest BCUT2D eigenvalue weighted by molar-refractivity contribution is 8.05. The van der Waals surface area contributed by atoms with Crippen LogP contribution in [0, 0.1) is 0 Å². The van der Waals surface area contributed by atoms with E-state index < -0.39 is 53.0 Å². The number of nitrogens with one attached hydrogen (secondary N) is 1. The largest absolute Gasteiger partial charge is 0.471 e. The number of hydrogen-bond acceptors (Lipinski definition) is 4. The Morgan fingerprint density at radius 2 is 0.792 bits per heavy atom. The van der Waals surface area contributed by atoms with Crippen molar-refractivity contribution in [2.24, 2.45) is 0 Å². The van der Waals surface area contributed by atoms with E-state index in [9.17, 15) is 69.5 Å². The van der Waals surface area contributed by atoms with Gasteiger partial charge in [0.2, 0.25) is 0 Å². The van der Waals surface area contributed by atoms with E-state index in [-0.39, 0.29) is 0 Å². The van der Waals surface area contributed by atoms with Crippen LogP contribution in [-0.2, 0) is 20.0 Å². The van der Waals surface area contributed by atoms with Gasteiger partial charge in [-0.1, -0.05) is 4.13 Å². The van der Waals surface area contributed by atoms with Gasteiger partial charge in [-0.05, 0) is 0 Å². The topological polar surface area (TPSA) is 80.3 Å². The zero-order valence-corrected chi connectivity index (χ0v) is 11.6. The van der Waals surface area contributed by atoms with Crippen molar-refractivity contribution in [3.63, 3.8) is 0 Å². The van der Waals surface area contributed by atoms with E-state index in [0.717, 1.165) is 0 Å². The molecule has 0 aromatic rings. The van der Waals surface area contributed by atoms with Gasteiger partial charge < -0.3 is 0 Å². The van der Waals surface area contributed by atoms with E-state index in [1.165, 1.54) is 0 Å². The van der Waals surface area contributed by atoms with Crippen LogP contribution in [0.25, 0.3) is 0 Å². The maximum absolute atomic E-state index is 12.8. The van der Waals surface area contributed by atoms with Gasteiger partial charge in [-0.2, -0.15) is 52.7 Å². The third-order valence-corrected chi connectivity index (χ3v) is 5.54. The van der Waals surface area contributed by atoms with Crippen molar-refractivity contribution < 1.29 is 69.5 Å². The fourth-order valence-corrected chi connectivity index (χ4v) is 3.49. The van der Waals surface area contributed by atoms with Crippen molar-refractivity contribution in [3.05, 3.63) is 0 Å². The smallest absolute Gasteiger partial charge is 0.205 e. The summed E-state index contributed by atoms with van der Waals surface area (Å²) in [6.45, 7) is 0. The van der Waals surface area contributed by atoms with E-state index in [1.807, 2.05) is 0 Å². The Labute approximate surface area is 123 Å². The van der Waals surface area contributed by atoms with Crippen LogP contribution in [0.1, 0.15) is 0 Å². The molecule has 5 nitrogen and oxygen atoms in total. The number of alkyl halides is 12. The molecule has 0 aliphatic carbocycles. The van der Waals surface area contributed by atoms with Gasteiger partial charge in [0.25, 0.3) is 20.0 Å². The second-order valence-corrected chi connectivity index (χ2v) is 7.40. The fourth-order valence-electron chi connectivity index (χ4n) is 0.735. The highest BCUT2D eigenvalue weighted by atomic mass is 32.3. The monoisotopic (exact) mass is 431 g/mol. The summed E-state index contributed by atoms with van der Waals surface area (Å²) in [7, 11) is -15.7. The van der Waals surface area contributed by atoms with Crippen molar-refractivity contribution in [3.8, 4) is 0 Å². The van der Waals surface area contributed by atoms with Crippen LogP contribution in [-0.4, -0.2) is 45.6 Å². The molecule has 0 radical (unpaired) electrons.